The first-order valence-electron chi connectivity index (χ1n) is 10.6. The maximum Gasteiger partial charge on any atom is 0.329 e. The summed E-state index contributed by atoms with van der Waals surface area (Å²) in [5.74, 6) is -0.266. The van der Waals surface area contributed by atoms with Crippen molar-refractivity contribution in [2.24, 2.45) is 5.16 Å². The second-order valence-electron chi connectivity index (χ2n) is 7.50. The van der Waals surface area contributed by atoms with Crippen LogP contribution < -0.4 is 16.7 Å². The highest BCUT2D eigenvalue weighted by atomic mass is 31.0. The SMILES string of the molecule is CC.Cc1cc(C#N)cc(/C(=N\O)c2c(C(C)C)c(=O)[nH]c(=O)n2Cc2ccnc(P)c2)c1. The van der Waals surface area contributed by atoms with Gasteiger partial charge in [-0.1, -0.05) is 42.1 Å². The van der Waals surface area contributed by atoms with E-state index in [0.717, 1.165) is 11.1 Å². The number of aryl methyl sites for hydroxylation is 1. The largest absolute Gasteiger partial charge is 0.410 e. The van der Waals surface area contributed by atoms with E-state index in [1.165, 1.54) is 4.57 Å². The van der Waals surface area contributed by atoms with Gasteiger partial charge in [-0.15, -0.1) is 0 Å². The lowest BCUT2D eigenvalue weighted by atomic mass is 9.94. The summed E-state index contributed by atoms with van der Waals surface area (Å²) in [4.78, 5) is 32.1. The molecule has 1 atom stereocenters. The van der Waals surface area contributed by atoms with Gasteiger partial charge in [0.05, 0.1) is 29.3 Å². The third-order valence-corrected chi connectivity index (χ3v) is 5.12. The fraction of sp³-hybridized carbons (Fsp3) is 0.292. The molecule has 9 heteroatoms. The zero-order chi connectivity index (χ0) is 24.7. The van der Waals surface area contributed by atoms with Gasteiger partial charge >= 0.3 is 5.69 Å². The second kappa shape index (κ2) is 11.3. The fourth-order valence-corrected chi connectivity index (χ4v) is 3.83. The highest BCUT2D eigenvalue weighted by Crippen LogP contribution is 2.21. The first kappa shape index (κ1) is 25.7. The van der Waals surface area contributed by atoms with Crippen molar-refractivity contribution in [2.45, 2.75) is 47.1 Å². The Balaban J connectivity index is 0.00000187. The first-order valence-corrected chi connectivity index (χ1v) is 11.1. The Morgan fingerprint density at radius 2 is 1.97 bits per heavy atom. The van der Waals surface area contributed by atoms with Crippen LogP contribution in [0.5, 0.6) is 0 Å². The average molecular weight is 465 g/mol. The minimum absolute atomic E-state index is 0.0484. The van der Waals surface area contributed by atoms with E-state index < -0.39 is 11.2 Å². The summed E-state index contributed by atoms with van der Waals surface area (Å²) in [6.45, 7) is 9.58. The van der Waals surface area contributed by atoms with Gasteiger partial charge in [-0.05, 0) is 54.3 Å². The van der Waals surface area contributed by atoms with E-state index in [1.807, 2.05) is 34.6 Å². The number of pyridine rings is 1. The lowest BCUT2D eigenvalue weighted by molar-refractivity contribution is 0.319. The van der Waals surface area contributed by atoms with Gasteiger partial charge < -0.3 is 5.21 Å². The Morgan fingerprint density at radius 3 is 2.55 bits per heavy atom. The fourth-order valence-electron chi connectivity index (χ4n) is 3.53. The van der Waals surface area contributed by atoms with Crippen LogP contribution in [-0.4, -0.2) is 25.5 Å². The Bertz CT molecular complexity index is 1330. The molecule has 0 saturated carbocycles. The van der Waals surface area contributed by atoms with Crippen LogP contribution in [0.4, 0.5) is 0 Å². The summed E-state index contributed by atoms with van der Waals surface area (Å²) < 4.78 is 1.37. The molecule has 33 heavy (non-hydrogen) atoms. The number of oxime groups is 1. The quantitative estimate of drug-likeness (QED) is 0.259. The molecular formula is C24H28N5O3P. The van der Waals surface area contributed by atoms with Crippen molar-refractivity contribution in [3.8, 4) is 6.07 Å². The van der Waals surface area contributed by atoms with Gasteiger partial charge in [-0.2, -0.15) is 5.26 Å². The lowest BCUT2D eigenvalue weighted by Gasteiger charge is -2.19. The zero-order valence-electron chi connectivity index (χ0n) is 19.4. The van der Waals surface area contributed by atoms with E-state index in [4.69, 9.17) is 0 Å². The minimum Gasteiger partial charge on any atom is -0.410 e. The van der Waals surface area contributed by atoms with Crippen LogP contribution in [0, 0.1) is 18.3 Å². The van der Waals surface area contributed by atoms with E-state index in [9.17, 15) is 20.1 Å². The van der Waals surface area contributed by atoms with Gasteiger partial charge in [-0.25, -0.2) is 4.79 Å². The predicted molar refractivity (Wildman–Crippen MR) is 133 cm³/mol. The molecule has 0 saturated heterocycles. The molecular weight excluding hydrogens is 437 g/mol. The molecule has 0 amide bonds. The maximum absolute atomic E-state index is 12.9. The average Bonchev–Trinajstić information content (AvgIpc) is 2.77. The van der Waals surface area contributed by atoms with E-state index in [1.54, 1.807) is 36.5 Å². The highest BCUT2D eigenvalue weighted by Gasteiger charge is 2.24. The van der Waals surface area contributed by atoms with Crippen LogP contribution in [-0.2, 0) is 6.54 Å². The molecule has 2 heterocycles. The normalized spacial score (nSPS) is 11.0. The molecule has 0 fully saturated rings. The molecule has 0 aliphatic carbocycles. The number of aromatic nitrogens is 3. The van der Waals surface area contributed by atoms with E-state index in [-0.39, 0.29) is 23.9 Å². The molecule has 0 radical (unpaired) electrons. The molecule has 1 aromatic carbocycles. The standard InChI is InChI=1S/C22H22N5O3P.C2H6/c1-12(2)18-20(19(26-30)16-7-13(3)6-15(8-16)10-23)27(22(29)25-21(18)28)11-14-4-5-24-17(31)9-14;1-2/h4-9,12,30H,11,31H2,1-3H3,(H,25,28,29);1-2H3/b26-19+;. The maximum atomic E-state index is 12.9. The van der Waals surface area contributed by atoms with Gasteiger partial charge in [-0.3, -0.25) is 19.3 Å². The third kappa shape index (κ3) is 5.82. The van der Waals surface area contributed by atoms with E-state index in [0.29, 0.717) is 22.1 Å². The van der Waals surface area contributed by atoms with Crippen molar-refractivity contribution >= 4 is 20.4 Å². The topological polar surface area (TPSA) is 124 Å². The lowest BCUT2D eigenvalue weighted by Crippen LogP contribution is -2.38. The molecule has 8 nitrogen and oxygen atoms in total. The van der Waals surface area contributed by atoms with Crippen molar-refractivity contribution in [2.75, 3.05) is 0 Å². The number of H-pyrrole nitrogens is 1. The van der Waals surface area contributed by atoms with Crippen LogP contribution in [0.25, 0.3) is 0 Å². The van der Waals surface area contributed by atoms with Crippen LogP contribution in [0.15, 0.2) is 51.3 Å². The number of benzene rings is 1. The predicted octanol–water partition coefficient (Wildman–Crippen LogP) is 3.04. The Hall–Kier alpha value is -3.56. The van der Waals surface area contributed by atoms with Crippen LogP contribution >= 0.6 is 9.24 Å². The molecule has 172 valence electrons. The molecule has 1 unspecified atom stereocenters. The second-order valence-corrected chi connectivity index (χ2v) is 8.09. The summed E-state index contributed by atoms with van der Waals surface area (Å²) in [7, 11) is 2.50. The monoisotopic (exact) mass is 465 g/mol. The van der Waals surface area contributed by atoms with Crippen molar-refractivity contribution < 1.29 is 5.21 Å². The molecule has 2 N–H and O–H groups in total. The number of hydrogen-bond donors (Lipinski definition) is 2. The minimum atomic E-state index is -0.624. The third-order valence-electron chi connectivity index (χ3n) is 4.80. The van der Waals surface area contributed by atoms with Crippen molar-refractivity contribution in [3.63, 3.8) is 0 Å². The molecule has 0 bridgehead atoms. The summed E-state index contributed by atoms with van der Waals surface area (Å²) in [5, 5.41) is 22.8. The summed E-state index contributed by atoms with van der Waals surface area (Å²) in [5.41, 5.74) is 2.48. The summed E-state index contributed by atoms with van der Waals surface area (Å²) in [6, 6.07) is 10.6. The van der Waals surface area contributed by atoms with Crippen LogP contribution in [0.2, 0.25) is 0 Å². The van der Waals surface area contributed by atoms with Crippen LogP contribution in [0.1, 0.15) is 67.1 Å². The number of aromatic amines is 1. The molecule has 0 aliphatic rings. The van der Waals surface area contributed by atoms with Crippen molar-refractivity contribution in [1.82, 2.24) is 14.5 Å². The Labute approximate surface area is 194 Å². The molecule has 0 spiro atoms. The number of rotatable bonds is 5. The number of nitrogens with zero attached hydrogens (tertiary/aromatic N) is 4. The summed E-state index contributed by atoms with van der Waals surface area (Å²) >= 11 is 0. The van der Waals surface area contributed by atoms with Gasteiger partial charge in [0, 0.05) is 17.3 Å². The van der Waals surface area contributed by atoms with E-state index >= 15 is 0 Å². The van der Waals surface area contributed by atoms with Crippen molar-refractivity contribution in [3.05, 3.63) is 90.9 Å². The zero-order valence-corrected chi connectivity index (χ0v) is 20.5. The molecule has 2 aromatic heterocycles. The Kier molecular flexibility index (Phi) is 8.84. The first-order chi connectivity index (χ1) is 15.7. The smallest absolute Gasteiger partial charge is 0.329 e. The number of nitriles is 1. The Morgan fingerprint density at radius 1 is 1.27 bits per heavy atom. The van der Waals surface area contributed by atoms with Crippen molar-refractivity contribution in [1.29, 1.82) is 5.26 Å². The number of nitrogens with one attached hydrogen (secondary N) is 1. The molecule has 3 aromatic rings. The van der Waals surface area contributed by atoms with Gasteiger partial charge in [0.2, 0.25) is 0 Å². The van der Waals surface area contributed by atoms with Gasteiger partial charge in [0.15, 0.2) is 0 Å². The van der Waals surface area contributed by atoms with Gasteiger partial charge in [0.25, 0.3) is 5.56 Å². The number of hydrogen-bond acceptors (Lipinski definition) is 6. The molecule has 3 rings (SSSR count). The summed E-state index contributed by atoms with van der Waals surface area (Å²) in [6.07, 6.45) is 1.62. The van der Waals surface area contributed by atoms with Gasteiger partial charge in [0.1, 0.15) is 5.71 Å². The van der Waals surface area contributed by atoms with E-state index in [2.05, 4.69) is 30.4 Å². The molecule has 0 aliphatic heterocycles. The highest BCUT2D eigenvalue weighted by molar-refractivity contribution is 7.26. The van der Waals surface area contributed by atoms with Crippen LogP contribution in [0.3, 0.4) is 0 Å².